The van der Waals surface area contributed by atoms with E-state index < -0.39 is 15.8 Å². The molecular weight excluding hydrogens is 435 g/mol. The zero-order valence-electron chi connectivity index (χ0n) is 17.7. The van der Waals surface area contributed by atoms with E-state index in [0.29, 0.717) is 18.9 Å². The fraction of sp³-hybridized carbons (Fsp3) is 0.273. The Kier molecular flexibility index (Phi) is 6.24. The third-order valence-electron chi connectivity index (χ3n) is 5.34. The number of benzene rings is 2. The number of sulfonamides is 1. The molecule has 2 heterocycles. The van der Waals surface area contributed by atoms with Gasteiger partial charge in [-0.15, -0.1) is 0 Å². The summed E-state index contributed by atoms with van der Waals surface area (Å²) in [6.07, 6.45) is 1.50. The van der Waals surface area contributed by atoms with Crippen molar-refractivity contribution in [1.29, 1.82) is 0 Å². The van der Waals surface area contributed by atoms with Gasteiger partial charge in [0.05, 0.1) is 19.9 Å². The molecule has 0 unspecified atom stereocenters. The summed E-state index contributed by atoms with van der Waals surface area (Å²) < 4.78 is 51.5. The maximum absolute atomic E-state index is 13.7. The number of nitrogens with zero attached hydrogens (tertiary/aromatic N) is 4. The molecule has 1 aliphatic heterocycles. The molecule has 0 spiro atoms. The molecule has 1 aliphatic rings. The molecule has 0 atom stereocenters. The minimum Gasteiger partial charge on any atom is -0.497 e. The van der Waals surface area contributed by atoms with Crippen molar-refractivity contribution >= 4 is 15.8 Å². The predicted octanol–water partition coefficient (Wildman–Crippen LogP) is 2.81. The smallest absolute Gasteiger partial charge is 0.246 e. The van der Waals surface area contributed by atoms with Crippen LogP contribution in [0.25, 0.3) is 11.3 Å². The predicted molar refractivity (Wildman–Crippen MR) is 118 cm³/mol. The molecule has 3 aromatic rings. The van der Waals surface area contributed by atoms with E-state index in [-0.39, 0.29) is 23.7 Å². The van der Waals surface area contributed by atoms with Gasteiger partial charge in [-0.25, -0.2) is 22.8 Å². The Labute approximate surface area is 186 Å². The van der Waals surface area contributed by atoms with Crippen LogP contribution in [0.15, 0.2) is 59.8 Å². The van der Waals surface area contributed by atoms with Crippen molar-refractivity contribution in [2.45, 2.75) is 4.90 Å². The molecule has 4 rings (SSSR count). The fourth-order valence-corrected chi connectivity index (χ4v) is 5.18. The van der Waals surface area contributed by atoms with Gasteiger partial charge in [0.25, 0.3) is 0 Å². The lowest BCUT2D eigenvalue weighted by Gasteiger charge is -2.34. The minimum atomic E-state index is -3.89. The maximum atomic E-state index is 13.7. The quantitative estimate of drug-likeness (QED) is 0.562. The van der Waals surface area contributed by atoms with Crippen molar-refractivity contribution in [3.05, 3.63) is 60.7 Å². The van der Waals surface area contributed by atoms with Crippen LogP contribution in [-0.4, -0.2) is 63.1 Å². The Morgan fingerprint density at radius 2 is 1.62 bits per heavy atom. The van der Waals surface area contributed by atoms with Crippen LogP contribution in [0.1, 0.15) is 0 Å². The second-order valence-corrected chi connectivity index (χ2v) is 9.08. The number of aromatic nitrogens is 2. The fourth-order valence-electron chi connectivity index (χ4n) is 3.59. The van der Waals surface area contributed by atoms with Crippen LogP contribution in [0, 0.1) is 5.82 Å². The van der Waals surface area contributed by atoms with Crippen molar-refractivity contribution in [2.24, 2.45) is 0 Å². The summed E-state index contributed by atoms with van der Waals surface area (Å²) in [5, 5.41) is 0. The van der Waals surface area contributed by atoms with Gasteiger partial charge in [0.15, 0.2) is 0 Å². The van der Waals surface area contributed by atoms with Gasteiger partial charge in [-0.2, -0.15) is 4.31 Å². The first-order valence-electron chi connectivity index (χ1n) is 9.97. The van der Waals surface area contributed by atoms with Gasteiger partial charge < -0.3 is 14.4 Å². The summed E-state index contributed by atoms with van der Waals surface area (Å²) in [6.45, 7) is 1.36. The Hall–Kier alpha value is -3.24. The highest BCUT2D eigenvalue weighted by molar-refractivity contribution is 7.89. The number of hydrogen-bond donors (Lipinski definition) is 0. The molecule has 0 aliphatic carbocycles. The Morgan fingerprint density at radius 3 is 2.28 bits per heavy atom. The topological polar surface area (TPSA) is 84.9 Å². The van der Waals surface area contributed by atoms with Crippen LogP contribution < -0.4 is 14.4 Å². The molecule has 1 fully saturated rings. The number of halogens is 1. The van der Waals surface area contributed by atoms with Crippen molar-refractivity contribution in [3.63, 3.8) is 0 Å². The number of rotatable bonds is 6. The van der Waals surface area contributed by atoms with Crippen molar-refractivity contribution < 1.29 is 22.3 Å². The van der Waals surface area contributed by atoms with Crippen LogP contribution >= 0.6 is 0 Å². The molecule has 0 bridgehead atoms. The van der Waals surface area contributed by atoms with Crippen LogP contribution in [0.4, 0.5) is 10.2 Å². The molecule has 168 valence electrons. The van der Waals surface area contributed by atoms with E-state index in [1.807, 2.05) is 35.2 Å². The van der Waals surface area contributed by atoms with E-state index >= 15 is 0 Å². The lowest BCUT2D eigenvalue weighted by atomic mass is 10.1. The summed E-state index contributed by atoms with van der Waals surface area (Å²) >= 11 is 0. The molecule has 1 saturated heterocycles. The molecular formula is C22H23FN4O4S. The number of methoxy groups -OCH3 is 2. The second kappa shape index (κ2) is 9.09. The summed E-state index contributed by atoms with van der Waals surface area (Å²) in [4.78, 5) is 10.5. The largest absolute Gasteiger partial charge is 0.497 e. The lowest BCUT2D eigenvalue weighted by Crippen LogP contribution is -2.49. The highest BCUT2D eigenvalue weighted by atomic mass is 32.2. The van der Waals surface area contributed by atoms with Crippen LogP contribution in [0.5, 0.6) is 11.5 Å². The van der Waals surface area contributed by atoms with E-state index in [0.717, 1.165) is 23.1 Å². The average Bonchev–Trinajstić information content (AvgIpc) is 2.84. The first-order chi connectivity index (χ1) is 15.4. The first-order valence-corrected chi connectivity index (χ1v) is 11.4. The number of hydrogen-bond acceptors (Lipinski definition) is 7. The third kappa shape index (κ3) is 4.37. The summed E-state index contributed by atoms with van der Waals surface area (Å²) in [6, 6.07) is 12.9. The second-order valence-electron chi connectivity index (χ2n) is 7.18. The SMILES string of the molecule is COc1ccc(-c2cc(N3CCN(S(=O)(=O)c4cc(F)ccc4OC)CC3)ncn2)cc1. The van der Waals surface area contributed by atoms with Crippen LogP contribution in [0.3, 0.4) is 0 Å². The molecule has 0 radical (unpaired) electrons. The van der Waals surface area contributed by atoms with Gasteiger partial charge >= 0.3 is 0 Å². The molecule has 1 aromatic heterocycles. The first kappa shape index (κ1) is 22.0. The summed E-state index contributed by atoms with van der Waals surface area (Å²) in [7, 11) is -0.920. The van der Waals surface area contributed by atoms with Gasteiger partial charge in [0.1, 0.15) is 34.4 Å². The zero-order chi connectivity index (χ0) is 22.7. The molecule has 0 N–H and O–H groups in total. The van der Waals surface area contributed by atoms with Gasteiger partial charge in [0, 0.05) is 37.8 Å². The standard InChI is InChI=1S/C22H23FN4O4S/c1-30-18-6-3-16(4-7-18)19-14-22(25-15-24-19)26-9-11-27(12-10-26)32(28,29)21-13-17(23)5-8-20(21)31-2/h3-8,13-15H,9-12H2,1-2H3. The van der Waals surface area contributed by atoms with Crippen molar-refractivity contribution in [3.8, 4) is 22.8 Å². The highest BCUT2D eigenvalue weighted by Crippen LogP contribution is 2.29. The molecule has 32 heavy (non-hydrogen) atoms. The monoisotopic (exact) mass is 458 g/mol. The zero-order valence-corrected chi connectivity index (χ0v) is 18.5. The van der Waals surface area contributed by atoms with Crippen LogP contribution in [0.2, 0.25) is 0 Å². The van der Waals surface area contributed by atoms with Crippen molar-refractivity contribution in [2.75, 3.05) is 45.3 Å². The normalized spacial score (nSPS) is 14.9. The molecule has 8 nitrogen and oxygen atoms in total. The van der Waals surface area contributed by atoms with Gasteiger partial charge in [0.2, 0.25) is 10.0 Å². The third-order valence-corrected chi connectivity index (χ3v) is 7.26. The minimum absolute atomic E-state index is 0.119. The molecule has 0 amide bonds. The lowest BCUT2D eigenvalue weighted by molar-refractivity contribution is 0.372. The van der Waals surface area contributed by atoms with Crippen LogP contribution in [-0.2, 0) is 10.0 Å². The number of anilines is 1. The summed E-state index contributed by atoms with van der Waals surface area (Å²) in [5.74, 6) is 0.963. The molecule has 2 aromatic carbocycles. The average molecular weight is 459 g/mol. The number of piperazine rings is 1. The van der Waals surface area contributed by atoms with E-state index in [1.54, 1.807) is 7.11 Å². The Bertz CT molecular complexity index is 1200. The maximum Gasteiger partial charge on any atom is 0.246 e. The van der Waals surface area contributed by atoms with Gasteiger partial charge in [-0.1, -0.05) is 0 Å². The Morgan fingerprint density at radius 1 is 0.906 bits per heavy atom. The van der Waals surface area contributed by atoms with E-state index in [9.17, 15) is 12.8 Å². The Balaban J connectivity index is 1.50. The summed E-state index contributed by atoms with van der Waals surface area (Å²) in [5.41, 5.74) is 1.69. The highest BCUT2D eigenvalue weighted by Gasteiger charge is 2.31. The van der Waals surface area contributed by atoms with Gasteiger partial charge in [-0.05, 0) is 42.5 Å². The van der Waals surface area contributed by atoms with E-state index in [2.05, 4.69) is 9.97 Å². The number of ether oxygens (including phenoxy) is 2. The van der Waals surface area contributed by atoms with E-state index in [4.69, 9.17) is 9.47 Å². The van der Waals surface area contributed by atoms with Crippen molar-refractivity contribution in [1.82, 2.24) is 14.3 Å². The molecule has 0 saturated carbocycles. The van der Waals surface area contributed by atoms with E-state index in [1.165, 1.54) is 29.9 Å². The molecule has 10 heteroatoms. The van der Waals surface area contributed by atoms with Gasteiger partial charge in [-0.3, -0.25) is 0 Å².